The number of methoxy groups -OCH3 is 2. The summed E-state index contributed by atoms with van der Waals surface area (Å²) in [7, 11) is 7.30. The molecule has 0 unspecified atom stereocenters. The molecule has 0 saturated heterocycles. The van der Waals surface area contributed by atoms with Crippen LogP contribution in [0.4, 0.5) is 0 Å². The van der Waals surface area contributed by atoms with E-state index in [0.29, 0.717) is 0 Å². The van der Waals surface area contributed by atoms with E-state index in [0.717, 1.165) is 56.6 Å². The van der Waals surface area contributed by atoms with Crippen molar-refractivity contribution in [1.29, 1.82) is 0 Å². The molecule has 7 nitrogen and oxygen atoms in total. The van der Waals surface area contributed by atoms with E-state index in [1.54, 1.807) is 14.2 Å². The van der Waals surface area contributed by atoms with Gasteiger partial charge in [0.25, 0.3) is 0 Å². The quantitative estimate of drug-likeness (QED) is 0.259. The molecule has 0 amide bonds. The van der Waals surface area contributed by atoms with Crippen molar-refractivity contribution < 1.29 is 51.4 Å². The van der Waals surface area contributed by atoms with Crippen molar-refractivity contribution in [1.82, 2.24) is 24.1 Å². The minimum Gasteiger partial charge on any atom is -1.00 e. The number of imidazole rings is 2. The second-order valence-electron chi connectivity index (χ2n) is 7.11. The fourth-order valence-corrected chi connectivity index (χ4v) is 3.76. The molecule has 10 heteroatoms. The van der Waals surface area contributed by atoms with Crippen LogP contribution in [0, 0.1) is 0 Å². The number of fused-ring (bicyclic) bond motifs is 2. The van der Waals surface area contributed by atoms with Crippen molar-refractivity contribution in [3.05, 3.63) is 54.6 Å². The Morgan fingerprint density at radius 3 is 1.45 bits per heavy atom. The summed E-state index contributed by atoms with van der Waals surface area (Å²) >= 11 is 0. The van der Waals surface area contributed by atoms with Crippen LogP contribution in [0.2, 0.25) is 0 Å². The van der Waals surface area contributed by atoms with Crippen LogP contribution in [0.5, 0.6) is 11.5 Å². The van der Waals surface area contributed by atoms with Crippen LogP contribution in [-0.4, -0.2) is 38.3 Å². The van der Waals surface area contributed by atoms with E-state index in [4.69, 9.17) is 24.4 Å². The number of hydrogen-bond donors (Lipinski definition) is 0. The minimum absolute atomic E-state index is 0. The summed E-state index contributed by atoms with van der Waals surface area (Å²) < 4.78 is 14.7. The first-order valence-corrected chi connectivity index (χ1v) is 9.58. The van der Waals surface area contributed by atoms with Gasteiger partial charge >= 0.3 is 17.1 Å². The van der Waals surface area contributed by atoms with E-state index < -0.39 is 0 Å². The van der Waals surface area contributed by atoms with Crippen LogP contribution < -0.4 is 34.3 Å². The zero-order valence-electron chi connectivity index (χ0n) is 18.4. The first kappa shape index (κ1) is 26.5. The fourth-order valence-electron chi connectivity index (χ4n) is 3.76. The Labute approximate surface area is 214 Å². The van der Waals surface area contributed by atoms with Crippen molar-refractivity contribution in [3.63, 3.8) is 0 Å². The Morgan fingerprint density at radius 2 is 1.06 bits per heavy atom. The van der Waals surface area contributed by atoms with Gasteiger partial charge in [-0.2, -0.15) is 0 Å². The topological polar surface area (TPSA) is 67.0 Å². The summed E-state index contributed by atoms with van der Waals surface area (Å²) in [6.45, 7) is 0. The molecule has 172 valence electrons. The molecule has 3 aromatic heterocycles. The third-order valence-electron chi connectivity index (χ3n) is 5.38. The first-order valence-electron chi connectivity index (χ1n) is 9.58. The summed E-state index contributed by atoms with van der Waals surface area (Å²) in [4.78, 5) is 14.5. The van der Waals surface area contributed by atoms with Gasteiger partial charge in [-0.25, -0.2) is 15.0 Å². The normalized spacial score (nSPS) is 10.3. The summed E-state index contributed by atoms with van der Waals surface area (Å²) in [5.74, 6) is 3.15. The molecule has 0 aliphatic heterocycles. The van der Waals surface area contributed by atoms with E-state index >= 15 is 0 Å². The molecule has 2 aromatic carbocycles. The van der Waals surface area contributed by atoms with E-state index in [9.17, 15) is 0 Å². The standard InChI is InChI=1S/C23H21N5O2.2ClH.Fe/c1-27-20-10-8-14(29-3)12-18(20)25-22(27)16-6-5-7-17(24-16)23-26-19-13-15(30-4)9-11-21(19)28(23)2;;;/h5-13H,1-4H3;2*1H;/q;;;+2/p-2. The van der Waals surface area contributed by atoms with E-state index in [-0.39, 0.29) is 41.9 Å². The Bertz CT molecular complexity index is 1310. The first-order chi connectivity index (χ1) is 14.6. The van der Waals surface area contributed by atoms with Gasteiger partial charge in [0.05, 0.1) is 36.3 Å². The Hall–Kier alpha value is -2.77. The van der Waals surface area contributed by atoms with Gasteiger partial charge in [0.1, 0.15) is 22.9 Å². The third kappa shape index (κ3) is 4.52. The number of hydrogen-bond acceptors (Lipinski definition) is 5. The Balaban J connectivity index is 0.00000128. The smallest absolute Gasteiger partial charge is 1.00 e. The fraction of sp³-hybridized carbons (Fsp3) is 0.174. The van der Waals surface area contributed by atoms with Crippen LogP contribution in [0.1, 0.15) is 0 Å². The van der Waals surface area contributed by atoms with Crippen molar-refractivity contribution in [2.75, 3.05) is 14.2 Å². The maximum Gasteiger partial charge on any atom is 2.00 e. The predicted octanol–water partition coefficient (Wildman–Crippen LogP) is -1.79. The molecule has 0 spiro atoms. The van der Waals surface area contributed by atoms with E-state index in [1.165, 1.54) is 0 Å². The van der Waals surface area contributed by atoms with Crippen LogP contribution in [0.25, 0.3) is 45.1 Å². The molecule has 0 bridgehead atoms. The largest absolute Gasteiger partial charge is 2.00 e. The molecule has 0 aliphatic carbocycles. The van der Waals surface area contributed by atoms with Crippen molar-refractivity contribution in [2.45, 2.75) is 0 Å². The number of halogens is 2. The van der Waals surface area contributed by atoms with Gasteiger partial charge in [-0.3, -0.25) is 0 Å². The average molecular weight is 526 g/mol. The molecule has 0 radical (unpaired) electrons. The summed E-state index contributed by atoms with van der Waals surface area (Å²) in [5.41, 5.74) is 5.35. The second kappa shape index (κ2) is 10.4. The number of nitrogens with zero attached hydrogens (tertiary/aromatic N) is 5. The number of ether oxygens (including phenoxy) is 2. The molecule has 33 heavy (non-hydrogen) atoms. The van der Waals surface area contributed by atoms with E-state index in [1.807, 2.05) is 77.8 Å². The molecule has 0 N–H and O–H groups in total. The van der Waals surface area contributed by atoms with Crippen LogP contribution >= 0.6 is 0 Å². The Morgan fingerprint density at radius 1 is 0.636 bits per heavy atom. The number of aryl methyl sites for hydroxylation is 2. The molecule has 0 fully saturated rings. The maximum atomic E-state index is 5.33. The zero-order valence-corrected chi connectivity index (χ0v) is 21.0. The monoisotopic (exact) mass is 525 g/mol. The van der Waals surface area contributed by atoms with Gasteiger partial charge in [-0.05, 0) is 36.4 Å². The molecule has 3 heterocycles. The molecule has 0 aliphatic rings. The molecule has 5 aromatic rings. The van der Waals surface area contributed by atoms with Gasteiger partial charge in [0.2, 0.25) is 0 Å². The molecule has 0 atom stereocenters. The summed E-state index contributed by atoms with van der Waals surface area (Å²) in [6.07, 6.45) is 0. The van der Waals surface area contributed by atoms with Gasteiger partial charge in [0.15, 0.2) is 11.6 Å². The zero-order chi connectivity index (χ0) is 20.8. The Kier molecular flexibility index (Phi) is 8.38. The van der Waals surface area contributed by atoms with Crippen LogP contribution in [0.3, 0.4) is 0 Å². The van der Waals surface area contributed by atoms with Gasteiger partial charge in [-0.15, -0.1) is 0 Å². The summed E-state index contributed by atoms with van der Waals surface area (Å²) in [6, 6.07) is 17.7. The molecular formula is C23H21Cl2FeN5O2. The average Bonchev–Trinajstić information content (AvgIpc) is 3.30. The number of benzene rings is 2. The van der Waals surface area contributed by atoms with Crippen molar-refractivity contribution in [3.8, 4) is 34.5 Å². The second-order valence-corrected chi connectivity index (χ2v) is 7.11. The van der Waals surface area contributed by atoms with E-state index in [2.05, 4.69) is 0 Å². The van der Waals surface area contributed by atoms with Gasteiger partial charge in [0, 0.05) is 26.2 Å². The number of rotatable bonds is 4. The summed E-state index contributed by atoms with van der Waals surface area (Å²) in [5, 5.41) is 0. The van der Waals surface area contributed by atoms with Crippen LogP contribution in [-0.2, 0) is 31.2 Å². The number of aromatic nitrogens is 5. The number of pyridine rings is 1. The molecule has 5 rings (SSSR count). The predicted molar refractivity (Wildman–Crippen MR) is 117 cm³/mol. The van der Waals surface area contributed by atoms with Gasteiger partial charge < -0.3 is 43.4 Å². The molecule has 0 saturated carbocycles. The molecular weight excluding hydrogens is 505 g/mol. The maximum absolute atomic E-state index is 5.33. The van der Waals surface area contributed by atoms with Gasteiger partial charge in [-0.1, -0.05) is 6.07 Å². The SMILES string of the molecule is COc1ccc2c(c1)nc(-c1cccc(-c3nc4cc(OC)ccc4n3C)n1)n2C.[Cl-].[Cl-].[Fe+2]. The third-order valence-corrected chi connectivity index (χ3v) is 5.38. The van der Waals surface area contributed by atoms with Crippen molar-refractivity contribution >= 4 is 22.1 Å². The van der Waals surface area contributed by atoms with Crippen molar-refractivity contribution in [2.24, 2.45) is 14.1 Å². The minimum atomic E-state index is 0. The van der Waals surface area contributed by atoms with Crippen LogP contribution in [0.15, 0.2) is 54.6 Å².